The van der Waals surface area contributed by atoms with Gasteiger partial charge in [-0.3, -0.25) is 4.99 Å². The average molecular weight is 351 g/mol. The maximum absolute atomic E-state index is 12.9. The van der Waals surface area contributed by atoms with Crippen molar-refractivity contribution in [1.82, 2.24) is 15.5 Å². The van der Waals surface area contributed by atoms with Gasteiger partial charge in [0.05, 0.1) is 0 Å². The normalized spacial score (nSPS) is 11.8. The van der Waals surface area contributed by atoms with Crippen molar-refractivity contribution in [2.45, 2.75) is 45.4 Å². The summed E-state index contributed by atoms with van der Waals surface area (Å²) >= 11 is 0. The first-order chi connectivity index (χ1) is 12.1. The van der Waals surface area contributed by atoms with E-state index in [9.17, 15) is 4.39 Å². The number of hydrogen-bond donors (Lipinski definition) is 2. The molecule has 0 aliphatic heterocycles. The maximum Gasteiger partial charge on any atom is 0.191 e. The Morgan fingerprint density at radius 2 is 1.68 bits per heavy atom. The molecule has 1 aromatic carbocycles. The van der Waals surface area contributed by atoms with Gasteiger partial charge >= 0.3 is 0 Å². The van der Waals surface area contributed by atoms with Crippen LogP contribution in [0.2, 0.25) is 0 Å². The molecule has 0 spiro atoms. The summed E-state index contributed by atoms with van der Waals surface area (Å²) in [6.07, 6.45) is 7.11. The third-order valence-electron chi connectivity index (χ3n) is 4.00. The molecule has 25 heavy (non-hydrogen) atoms. The predicted octanol–water partition coefficient (Wildman–Crippen LogP) is 3.44. The Morgan fingerprint density at radius 3 is 2.36 bits per heavy atom. The van der Waals surface area contributed by atoms with Crippen LogP contribution in [0, 0.1) is 5.82 Å². The summed E-state index contributed by atoms with van der Waals surface area (Å²) in [5.74, 6) is 0.686. The lowest BCUT2D eigenvalue weighted by molar-refractivity contribution is 0.390. The SMILES string of the molecule is CCNC(=NCCCCCCCN(C)C)NCCc1ccc(F)cc1. The Hall–Kier alpha value is -1.62. The van der Waals surface area contributed by atoms with Crippen molar-refractivity contribution in [3.63, 3.8) is 0 Å². The molecule has 0 aromatic heterocycles. The van der Waals surface area contributed by atoms with Gasteiger partial charge in [-0.15, -0.1) is 0 Å². The molecule has 1 aromatic rings. The molecular formula is C20H35FN4. The summed E-state index contributed by atoms with van der Waals surface area (Å²) in [7, 11) is 4.25. The van der Waals surface area contributed by atoms with Gasteiger partial charge in [0.25, 0.3) is 0 Å². The van der Waals surface area contributed by atoms with E-state index in [0.29, 0.717) is 0 Å². The van der Waals surface area contributed by atoms with Crippen LogP contribution in [0.4, 0.5) is 4.39 Å². The quantitative estimate of drug-likeness (QED) is 0.345. The smallest absolute Gasteiger partial charge is 0.191 e. The minimum Gasteiger partial charge on any atom is -0.357 e. The summed E-state index contributed by atoms with van der Waals surface area (Å²) in [5.41, 5.74) is 1.13. The van der Waals surface area contributed by atoms with Crippen LogP contribution >= 0.6 is 0 Å². The van der Waals surface area contributed by atoms with Gasteiger partial charge in [-0.1, -0.05) is 31.4 Å². The van der Waals surface area contributed by atoms with Crippen LogP contribution in [0.25, 0.3) is 0 Å². The fraction of sp³-hybridized carbons (Fsp3) is 0.650. The molecule has 0 bridgehead atoms. The lowest BCUT2D eigenvalue weighted by Gasteiger charge is -2.11. The second-order valence-corrected chi connectivity index (χ2v) is 6.63. The first-order valence-electron chi connectivity index (χ1n) is 9.53. The van der Waals surface area contributed by atoms with Crippen LogP contribution in [0.15, 0.2) is 29.3 Å². The molecule has 0 saturated carbocycles. The topological polar surface area (TPSA) is 39.7 Å². The highest BCUT2D eigenvalue weighted by Crippen LogP contribution is 2.04. The Bertz CT molecular complexity index is 471. The van der Waals surface area contributed by atoms with Gasteiger partial charge in [0.1, 0.15) is 5.82 Å². The van der Waals surface area contributed by atoms with Crippen molar-refractivity contribution in [1.29, 1.82) is 0 Å². The minimum absolute atomic E-state index is 0.187. The predicted molar refractivity (Wildman–Crippen MR) is 106 cm³/mol. The number of halogens is 1. The van der Waals surface area contributed by atoms with E-state index in [2.05, 4.69) is 41.5 Å². The standard InChI is InChI=1S/C20H35FN4/c1-4-22-20(23-15-8-6-5-7-9-17-25(2)3)24-16-14-18-10-12-19(21)13-11-18/h10-13H,4-9,14-17H2,1-3H3,(H2,22,23,24). The van der Waals surface area contributed by atoms with Gasteiger partial charge in [0.15, 0.2) is 5.96 Å². The van der Waals surface area contributed by atoms with E-state index in [1.54, 1.807) is 0 Å². The molecule has 4 nitrogen and oxygen atoms in total. The molecule has 0 amide bonds. The second-order valence-electron chi connectivity index (χ2n) is 6.63. The number of nitrogens with one attached hydrogen (secondary N) is 2. The molecule has 0 fully saturated rings. The van der Waals surface area contributed by atoms with E-state index >= 15 is 0 Å². The first kappa shape index (κ1) is 21.4. The third-order valence-corrected chi connectivity index (χ3v) is 4.00. The monoisotopic (exact) mass is 350 g/mol. The molecule has 142 valence electrons. The fourth-order valence-corrected chi connectivity index (χ4v) is 2.58. The van der Waals surface area contributed by atoms with Gasteiger partial charge in [0.2, 0.25) is 0 Å². The summed E-state index contributed by atoms with van der Waals surface area (Å²) in [5, 5.41) is 6.62. The van der Waals surface area contributed by atoms with Gasteiger partial charge in [-0.05, 0) is 64.5 Å². The van der Waals surface area contributed by atoms with Gasteiger partial charge in [0, 0.05) is 19.6 Å². The van der Waals surface area contributed by atoms with Crippen LogP contribution in [0.1, 0.15) is 44.6 Å². The summed E-state index contributed by atoms with van der Waals surface area (Å²) in [6, 6.07) is 6.68. The Morgan fingerprint density at radius 1 is 1.00 bits per heavy atom. The molecule has 5 heteroatoms. The highest BCUT2D eigenvalue weighted by Gasteiger charge is 1.99. The van der Waals surface area contributed by atoms with E-state index in [0.717, 1.165) is 44.0 Å². The maximum atomic E-state index is 12.9. The molecular weight excluding hydrogens is 315 g/mol. The lowest BCUT2D eigenvalue weighted by Crippen LogP contribution is -2.38. The van der Waals surface area contributed by atoms with Crippen molar-refractivity contribution in [2.24, 2.45) is 4.99 Å². The van der Waals surface area contributed by atoms with Crippen LogP contribution < -0.4 is 10.6 Å². The van der Waals surface area contributed by atoms with Crippen molar-refractivity contribution in [3.8, 4) is 0 Å². The second kappa shape index (κ2) is 13.6. The van der Waals surface area contributed by atoms with Crippen LogP contribution in [0.3, 0.4) is 0 Å². The van der Waals surface area contributed by atoms with Gasteiger partial charge in [-0.25, -0.2) is 4.39 Å². The zero-order chi connectivity index (χ0) is 18.3. The molecule has 0 saturated heterocycles. The number of unbranched alkanes of at least 4 members (excludes halogenated alkanes) is 4. The molecule has 1 rings (SSSR count). The fourth-order valence-electron chi connectivity index (χ4n) is 2.58. The highest BCUT2D eigenvalue weighted by atomic mass is 19.1. The van der Waals surface area contributed by atoms with Crippen molar-refractivity contribution in [2.75, 3.05) is 40.3 Å². The van der Waals surface area contributed by atoms with Crippen molar-refractivity contribution >= 4 is 5.96 Å². The number of aliphatic imine (C=N–C) groups is 1. The molecule has 0 unspecified atom stereocenters. The molecule has 0 aliphatic carbocycles. The third kappa shape index (κ3) is 11.5. The average Bonchev–Trinajstić information content (AvgIpc) is 2.58. The lowest BCUT2D eigenvalue weighted by atomic mass is 10.1. The zero-order valence-electron chi connectivity index (χ0n) is 16.2. The first-order valence-corrected chi connectivity index (χ1v) is 9.53. The van der Waals surface area contributed by atoms with Crippen molar-refractivity contribution in [3.05, 3.63) is 35.6 Å². The Balaban J connectivity index is 2.16. The molecule has 0 aliphatic rings. The number of guanidine groups is 1. The zero-order valence-corrected chi connectivity index (χ0v) is 16.2. The van der Waals surface area contributed by atoms with Gasteiger partial charge < -0.3 is 15.5 Å². The Kier molecular flexibility index (Phi) is 11.7. The van der Waals surface area contributed by atoms with Crippen molar-refractivity contribution < 1.29 is 4.39 Å². The summed E-state index contributed by atoms with van der Waals surface area (Å²) in [4.78, 5) is 6.87. The van der Waals surface area contributed by atoms with Gasteiger partial charge in [-0.2, -0.15) is 0 Å². The molecule has 2 N–H and O–H groups in total. The minimum atomic E-state index is -0.187. The number of rotatable bonds is 12. The number of benzene rings is 1. The molecule has 0 heterocycles. The van der Waals surface area contributed by atoms with E-state index in [1.807, 2.05) is 12.1 Å². The van der Waals surface area contributed by atoms with E-state index in [-0.39, 0.29) is 5.82 Å². The summed E-state index contributed by atoms with van der Waals surface area (Å²) in [6.45, 7) is 5.76. The van der Waals surface area contributed by atoms with E-state index < -0.39 is 0 Å². The van der Waals surface area contributed by atoms with E-state index in [4.69, 9.17) is 0 Å². The molecule has 0 radical (unpaired) electrons. The number of hydrogen-bond acceptors (Lipinski definition) is 2. The van der Waals surface area contributed by atoms with Crippen LogP contribution in [0.5, 0.6) is 0 Å². The van der Waals surface area contributed by atoms with Crippen LogP contribution in [-0.2, 0) is 6.42 Å². The molecule has 0 atom stereocenters. The van der Waals surface area contributed by atoms with Crippen LogP contribution in [-0.4, -0.2) is 51.1 Å². The number of nitrogens with zero attached hydrogens (tertiary/aromatic N) is 2. The Labute approximate surface area is 152 Å². The summed E-state index contributed by atoms with van der Waals surface area (Å²) < 4.78 is 12.9. The van der Waals surface area contributed by atoms with E-state index in [1.165, 1.54) is 44.4 Å². The highest BCUT2D eigenvalue weighted by molar-refractivity contribution is 5.79. The largest absolute Gasteiger partial charge is 0.357 e.